The van der Waals surface area contributed by atoms with Crippen LogP contribution in [-0.2, 0) is 9.59 Å². The Labute approximate surface area is 300 Å². The van der Waals surface area contributed by atoms with Crippen molar-refractivity contribution in [3.05, 3.63) is 129 Å². The van der Waals surface area contributed by atoms with E-state index in [1.54, 1.807) is 97.1 Å². The molecule has 2 amide bonds. The molecule has 0 bridgehead atoms. The van der Waals surface area contributed by atoms with Crippen molar-refractivity contribution in [1.82, 2.24) is 10.9 Å². The summed E-state index contributed by atoms with van der Waals surface area (Å²) >= 11 is 12.1. The lowest BCUT2D eigenvalue weighted by Crippen LogP contribution is -2.17. The van der Waals surface area contributed by atoms with E-state index >= 15 is 0 Å². The summed E-state index contributed by atoms with van der Waals surface area (Å²) in [5.41, 5.74) is 6.87. The van der Waals surface area contributed by atoms with E-state index in [-0.39, 0.29) is 22.9 Å². The van der Waals surface area contributed by atoms with Crippen molar-refractivity contribution in [2.24, 2.45) is 10.2 Å². The number of nitrogens with zero attached hydrogens (tertiary/aromatic N) is 2. The number of hydrogen-bond donors (Lipinski definition) is 2. The number of rotatable bonds is 17. The van der Waals surface area contributed by atoms with Gasteiger partial charge in [0.1, 0.15) is 11.5 Å². The average Bonchev–Trinajstić information content (AvgIpc) is 3.10. The predicted molar refractivity (Wildman–Crippen MR) is 194 cm³/mol. The number of amides is 2. The number of halogens is 2. The van der Waals surface area contributed by atoms with Gasteiger partial charge in [0.2, 0.25) is 11.8 Å². The maximum absolute atomic E-state index is 12.4. The molecular weight excluding hydrogens is 679 g/mol. The van der Waals surface area contributed by atoms with E-state index < -0.39 is 11.9 Å². The Morgan fingerprint density at radius 2 is 0.940 bits per heavy atom. The largest absolute Gasteiger partial charge is 0.423 e. The number of unbranched alkanes of at least 4 members (excludes halogenated alkanes) is 5. The molecule has 0 saturated carbocycles. The molecule has 0 radical (unpaired) electrons. The highest BCUT2D eigenvalue weighted by Gasteiger charge is 2.13. The molecule has 0 aliphatic heterocycles. The molecule has 0 aliphatic carbocycles. The number of carbonyl (C=O) groups is 4. The molecular formula is C38H36Cl2N4O6. The zero-order valence-corrected chi connectivity index (χ0v) is 28.7. The van der Waals surface area contributed by atoms with Gasteiger partial charge in [-0.3, -0.25) is 9.59 Å². The quantitative estimate of drug-likeness (QED) is 0.0373. The lowest BCUT2D eigenvalue weighted by molar-refractivity contribution is -0.122. The van der Waals surface area contributed by atoms with Gasteiger partial charge in [-0.2, -0.15) is 10.2 Å². The minimum atomic E-state index is -0.567. The molecule has 4 aromatic carbocycles. The predicted octanol–water partition coefficient (Wildman–Crippen LogP) is 8.15. The lowest BCUT2D eigenvalue weighted by Gasteiger charge is -2.06. The Morgan fingerprint density at radius 3 is 1.36 bits per heavy atom. The fourth-order valence-electron chi connectivity index (χ4n) is 4.64. The fraction of sp³-hybridized carbons (Fsp3) is 0.211. The number of benzene rings is 4. The Hall–Kier alpha value is -5.32. The molecule has 4 rings (SSSR count). The first-order chi connectivity index (χ1) is 24.3. The van der Waals surface area contributed by atoms with Crippen LogP contribution in [0.4, 0.5) is 0 Å². The van der Waals surface area contributed by atoms with Crippen LogP contribution >= 0.6 is 23.2 Å². The molecule has 12 heteroatoms. The lowest BCUT2D eigenvalue weighted by atomic mass is 10.1. The van der Waals surface area contributed by atoms with Crippen molar-refractivity contribution in [3.8, 4) is 11.5 Å². The van der Waals surface area contributed by atoms with Gasteiger partial charge in [-0.15, -0.1) is 0 Å². The van der Waals surface area contributed by atoms with Crippen LogP contribution in [0.2, 0.25) is 10.0 Å². The number of ether oxygens (including phenoxy) is 2. The van der Waals surface area contributed by atoms with Gasteiger partial charge in [0.15, 0.2) is 0 Å². The van der Waals surface area contributed by atoms with Gasteiger partial charge in [-0.25, -0.2) is 20.4 Å². The molecule has 0 unspecified atom stereocenters. The standard InChI is InChI=1S/C38H36Cl2N4O6/c39-33-19-9-7-17-31(33)37(47)49-29-15-11-13-27(23-29)25-41-43-35(45)21-5-3-1-2-4-6-22-36(46)44-42-26-28-14-12-16-30(24-28)50-38(48)32-18-8-10-20-34(32)40/h7-20,23-26H,1-6,21-22H2,(H,43,45)(H,44,46). The molecule has 0 heterocycles. The van der Waals surface area contributed by atoms with Gasteiger partial charge in [-0.05, 0) is 72.5 Å². The summed E-state index contributed by atoms with van der Waals surface area (Å²) in [6.45, 7) is 0. The van der Waals surface area contributed by atoms with Crippen LogP contribution in [-0.4, -0.2) is 36.2 Å². The molecule has 50 heavy (non-hydrogen) atoms. The van der Waals surface area contributed by atoms with E-state index in [4.69, 9.17) is 32.7 Å². The summed E-state index contributed by atoms with van der Waals surface area (Å²) in [6.07, 6.45) is 8.79. The van der Waals surface area contributed by atoms with Crippen molar-refractivity contribution in [3.63, 3.8) is 0 Å². The minimum absolute atomic E-state index is 0.190. The van der Waals surface area contributed by atoms with E-state index in [9.17, 15) is 19.2 Å². The zero-order valence-electron chi connectivity index (χ0n) is 27.1. The maximum Gasteiger partial charge on any atom is 0.345 e. The second-order valence-corrected chi connectivity index (χ2v) is 11.9. The second-order valence-electron chi connectivity index (χ2n) is 11.1. The first-order valence-electron chi connectivity index (χ1n) is 16.1. The van der Waals surface area contributed by atoms with Gasteiger partial charge in [0.25, 0.3) is 0 Å². The van der Waals surface area contributed by atoms with E-state index in [1.165, 1.54) is 12.4 Å². The van der Waals surface area contributed by atoms with E-state index in [0.29, 0.717) is 45.5 Å². The summed E-state index contributed by atoms with van der Waals surface area (Å²) in [5.74, 6) is -0.858. The molecule has 4 aromatic rings. The van der Waals surface area contributed by atoms with Gasteiger partial charge >= 0.3 is 11.9 Å². The monoisotopic (exact) mass is 714 g/mol. The minimum Gasteiger partial charge on any atom is -0.423 e. The van der Waals surface area contributed by atoms with Gasteiger partial charge in [-0.1, -0.05) is 97.4 Å². The highest BCUT2D eigenvalue weighted by atomic mass is 35.5. The Bertz CT molecular complexity index is 1710. The summed E-state index contributed by atoms with van der Waals surface area (Å²) in [5, 5.41) is 8.61. The van der Waals surface area contributed by atoms with Crippen LogP contribution in [0, 0.1) is 0 Å². The average molecular weight is 716 g/mol. The van der Waals surface area contributed by atoms with E-state index in [2.05, 4.69) is 21.1 Å². The third-order valence-electron chi connectivity index (χ3n) is 7.19. The number of carbonyl (C=O) groups excluding carboxylic acids is 4. The zero-order chi connectivity index (χ0) is 35.6. The summed E-state index contributed by atoms with van der Waals surface area (Å²) in [4.78, 5) is 49.1. The van der Waals surface area contributed by atoms with Crippen LogP contribution < -0.4 is 20.3 Å². The highest BCUT2D eigenvalue weighted by molar-refractivity contribution is 6.34. The molecule has 0 aliphatic rings. The van der Waals surface area contributed by atoms with Crippen LogP contribution in [0.25, 0.3) is 0 Å². The smallest absolute Gasteiger partial charge is 0.345 e. The summed E-state index contributed by atoms with van der Waals surface area (Å²) < 4.78 is 10.8. The summed E-state index contributed by atoms with van der Waals surface area (Å²) in [7, 11) is 0. The number of hydrazone groups is 2. The number of nitrogens with one attached hydrogen (secondary N) is 2. The normalized spacial score (nSPS) is 11.0. The van der Waals surface area contributed by atoms with Crippen LogP contribution in [0.15, 0.2) is 107 Å². The fourth-order valence-corrected chi connectivity index (χ4v) is 5.07. The Morgan fingerprint density at radius 1 is 0.540 bits per heavy atom. The van der Waals surface area contributed by atoms with E-state index in [0.717, 1.165) is 38.5 Å². The first kappa shape index (κ1) is 37.5. The van der Waals surface area contributed by atoms with Gasteiger partial charge in [0.05, 0.1) is 33.6 Å². The third kappa shape index (κ3) is 12.9. The number of esters is 2. The van der Waals surface area contributed by atoms with Crippen LogP contribution in [0.5, 0.6) is 11.5 Å². The van der Waals surface area contributed by atoms with Crippen LogP contribution in [0.3, 0.4) is 0 Å². The highest BCUT2D eigenvalue weighted by Crippen LogP contribution is 2.21. The molecule has 0 aromatic heterocycles. The first-order valence-corrected chi connectivity index (χ1v) is 16.8. The van der Waals surface area contributed by atoms with Crippen molar-refractivity contribution in [2.75, 3.05) is 0 Å². The third-order valence-corrected chi connectivity index (χ3v) is 7.85. The van der Waals surface area contributed by atoms with Gasteiger partial charge in [0, 0.05) is 12.8 Å². The van der Waals surface area contributed by atoms with E-state index in [1.807, 2.05) is 0 Å². The molecule has 10 nitrogen and oxygen atoms in total. The molecule has 258 valence electrons. The molecule has 0 fully saturated rings. The van der Waals surface area contributed by atoms with Crippen molar-refractivity contribution in [2.45, 2.75) is 51.4 Å². The molecule has 0 spiro atoms. The topological polar surface area (TPSA) is 136 Å². The number of hydrogen-bond acceptors (Lipinski definition) is 8. The maximum atomic E-state index is 12.4. The SMILES string of the molecule is O=C(CCCCCCCCC(=O)NN=Cc1cccc(OC(=O)c2ccccc2Cl)c1)NN=Cc1cccc(OC(=O)c2ccccc2Cl)c1. The summed E-state index contributed by atoms with van der Waals surface area (Å²) in [6, 6.07) is 26.8. The molecule has 0 atom stereocenters. The molecule has 0 saturated heterocycles. The van der Waals surface area contributed by atoms with Crippen molar-refractivity contribution >= 4 is 59.4 Å². The van der Waals surface area contributed by atoms with Crippen molar-refractivity contribution < 1.29 is 28.7 Å². The second kappa shape index (κ2) is 20.3. The Kier molecular flexibility index (Phi) is 15.2. The van der Waals surface area contributed by atoms with Crippen LogP contribution in [0.1, 0.15) is 83.2 Å². The van der Waals surface area contributed by atoms with Gasteiger partial charge < -0.3 is 9.47 Å². The van der Waals surface area contributed by atoms with Crippen molar-refractivity contribution in [1.29, 1.82) is 0 Å². The Balaban J connectivity index is 1.03. The molecule has 2 N–H and O–H groups in total.